The third-order valence-corrected chi connectivity index (χ3v) is 7.84. The fourth-order valence-corrected chi connectivity index (χ4v) is 4.93. The molecule has 1 N–H and O–H groups in total. The van der Waals surface area contributed by atoms with Crippen molar-refractivity contribution in [2.24, 2.45) is 0 Å². The molecule has 1 aromatic carbocycles. The maximum atomic E-state index is 12.8. The zero-order valence-electron chi connectivity index (χ0n) is 20.5. The molecule has 1 aliphatic rings. The maximum Gasteiger partial charge on any atom is 0.253 e. The van der Waals surface area contributed by atoms with Crippen LogP contribution in [-0.2, 0) is 11.3 Å². The van der Waals surface area contributed by atoms with Gasteiger partial charge in [-0.05, 0) is 90.8 Å². The Balaban J connectivity index is 1.62. The van der Waals surface area contributed by atoms with Crippen LogP contribution >= 0.6 is 27.5 Å². The highest BCUT2D eigenvalue weighted by atomic mass is 79.9. The molecule has 0 aliphatic carbocycles. The van der Waals surface area contributed by atoms with Crippen LogP contribution in [0.2, 0.25) is 5.15 Å². The van der Waals surface area contributed by atoms with Crippen molar-refractivity contribution in [1.29, 1.82) is 0 Å². The molecule has 0 radical (unpaired) electrons. The number of rotatable bonds is 11. The minimum atomic E-state index is -0.114. The van der Waals surface area contributed by atoms with Gasteiger partial charge in [0.15, 0.2) is 0 Å². The second-order valence-corrected chi connectivity index (χ2v) is 10.1. The number of nitrogens with one attached hydrogen (secondary N) is 1. The van der Waals surface area contributed by atoms with E-state index < -0.39 is 0 Å². The molecule has 2 aromatic rings. The Morgan fingerprint density at radius 1 is 1.32 bits per heavy atom. The third kappa shape index (κ3) is 6.94. The average molecular weight is 553 g/mol. The van der Waals surface area contributed by atoms with E-state index in [0.717, 1.165) is 38.1 Å². The number of pyridine rings is 1. The van der Waals surface area contributed by atoms with E-state index in [9.17, 15) is 4.79 Å². The van der Waals surface area contributed by atoms with Crippen molar-refractivity contribution >= 4 is 33.4 Å². The average Bonchev–Trinajstić information content (AvgIpc) is 3.26. The van der Waals surface area contributed by atoms with E-state index in [1.54, 1.807) is 13.2 Å². The second-order valence-electron chi connectivity index (χ2n) is 8.89. The zero-order valence-corrected chi connectivity index (χ0v) is 22.8. The number of hydrogen-bond donors (Lipinski definition) is 1. The normalized spacial score (nSPS) is 17.1. The van der Waals surface area contributed by atoms with Crippen molar-refractivity contribution in [2.75, 3.05) is 26.9 Å². The summed E-state index contributed by atoms with van der Waals surface area (Å²) in [5.41, 5.74) is 4.31. The first-order valence-electron chi connectivity index (χ1n) is 11.9. The number of likely N-dealkylation sites (tertiary alicyclic amines) is 1. The number of ether oxygens (including phenoxy) is 2. The quantitative estimate of drug-likeness (QED) is 0.286. The molecular formula is C26H35BrClN3O3. The lowest BCUT2D eigenvalue weighted by Gasteiger charge is -2.29. The van der Waals surface area contributed by atoms with E-state index in [1.165, 1.54) is 29.3 Å². The summed E-state index contributed by atoms with van der Waals surface area (Å²) in [6.45, 7) is 9.54. The topological polar surface area (TPSA) is 63.7 Å². The van der Waals surface area contributed by atoms with Crippen LogP contribution in [0.1, 0.15) is 59.7 Å². The molecule has 2 unspecified atom stereocenters. The highest BCUT2D eigenvalue weighted by Gasteiger charge is 2.28. The van der Waals surface area contributed by atoms with Crippen molar-refractivity contribution in [3.8, 4) is 5.75 Å². The van der Waals surface area contributed by atoms with E-state index in [1.807, 2.05) is 0 Å². The Morgan fingerprint density at radius 2 is 2.12 bits per heavy atom. The van der Waals surface area contributed by atoms with Crippen molar-refractivity contribution in [2.45, 2.75) is 65.1 Å². The molecule has 1 aromatic heterocycles. The molecule has 1 amide bonds. The fraction of sp³-hybridized carbons (Fsp3) is 0.538. The Hall–Kier alpha value is -1.67. The van der Waals surface area contributed by atoms with Crippen molar-refractivity contribution in [3.63, 3.8) is 0 Å². The number of hydrogen-bond acceptors (Lipinski definition) is 5. The van der Waals surface area contributed by atoms with E-state index in [2.05, 4.69) is 64.0 Å². The largest absolute Gasteiger partial charge is 0.491 e. The van der Waals surface area contributed by atoms with Crippen molar-refractivity contribution in [1.82, 2.24) is 15.2 Å². The number of halogens is 2. The maximum absolute atomic E-state index is 12.8. The number of amides is 1. The smallest absolute Gasteiger partial charge is 0.253 e. The predicted octanol–water partition coefficient (Wildman–Crippen LogP) is 5.70. The van der Waals surface area contributed by atoms with Crippen LogP contribution in [0, 0.1) is 13.8 Å². The van der Waals surface area contributed by atoms with Gasteiger partial charge >= 0.3 is 0 Å². The first kappa shape index (κ1) is 26.9. The van der Waals surface area contributed by atoms with Crippen molar-refractivity contribution < 1.29 is 14.3 Å². The van der Waals surface area contributed by atoms with Gasteiger partial charge in [-0.3, -0.25) is 9.69 Å². The number of aromatic nitrogens is 1. The van der Waals surface area contributed by atoms with Gasteiger partial charge in [0.05, 0.1) is 16.6 Å². The number of nitrogens with zero attached hydrogens (tertiary/aromatic N) is 2. The van der Waals surface area contributed by atoms with Crippen LogP contribution in [-0.4, -0.2) is 54.7 Å². The standard InChI is InChI=1S/C26H35BrClN3O3/c1-5-21(30-26(32)20-13-23(27)25(28)29-15-20)14-22-7-6-10-31(22)16-19-8-9-24(18(3)17(19)2)34-12-11-33-4/h8-9,13,15,21-22H,5-7,10-12,14,16H2,1-4H3,(H,30,32). The highest BCUT2D eigenvalue weighted by Crippen LogP contribution is 2.29. The van der Waals surface area contributed by atoms with Crippen LogP contribution in [0.15, 0.2) is 28.9 Å². The molecule has 2 heterocycles. The first-order valence-corrected chi connectivity index (χ1v) is 13.1. The highest BCUT2D eigenvalue weighted by molar-refractivity contribution is 9.10. The van der Waals surface area contributed by atoms with Gasteiger partial charge in [0.1, 0.15) is 17.5 Å². The SMILES string of the molecule is CCC(CC1CCCN1Cc1ccc(OCCOC)c(C)c1C)NC(=O)c1cnc(Cl)c(Br)c1. The molecule has 0 bridgehead atoms. The summed E-state index contributed by atoms with van der Waals surface area (Å²) in [4.78, 5) is 19.4. The lowest BCUT2D eigenvalue weighted by atomic mass is 9.99. The van der Waals surface area contributed by atoms with Gasteiger partial charge in [0.25, 0.3) is 5.91 Å². The summed E-state index contributed by atoms with van der Waals surface area (Å²) in [7, 11) is 1.68. The predicted molar refractivity (Wildman–Crippen MR) is 140 cm³/mol. The number of carbonyl (C=O) groups is 1. The molecule has 3 rings (SSSR count). The minimum absolute atomic E-state index is 0.104. The molecule has 0 saturated carbocycles. The van der Waals surface area contributed by atoms with Gasteiger partial charge in [-0.1, -0.05) is 24.6 Å². The van der Waals surface area contributed by atoms with E-state index in [4.69, 9.17) is 21.1 Å². The summed E-state index contributed by atoms with van der Waals surface area (Å²) in [5, 5.41) is 3.55. The Morgan fingerprint density at radius 3 is 2.82 bits per heavy atom. The number of benzene rings is 1. The Kier molecular flexibility index (Phi) is 10.2. The number of carbonyl (C=O) groups excluding carboxylic acids is 1. The van der Waals surface area contributed by atoms with E-state index in [0.29, 0.717) is 34.4 Å². The Labute approximate surface area is 216 Å². The van der Waals surface area contributed by atoms with Crippen LogP contribution in [0.25, 0.3) is 0 Å². The molecule has 1 fully saturated rings. The summed E-state index contributed by atoms with van der Waals surface area (Å²) in [6.07, 6.45) is 5.66. The molecule has 0 spiro atoms. The van der Waals surface area contributed by atoms with Gasteiger partial charge in [0.2, 0.25) is 0 Å². The number of methoxy groups -OCH3 is 1. The van der Waals surface area contributed by atoms with E-state index in [-0.39, 0.29) is 11.9 Å². The molecule has 34 heavy (non-hydrogen) atoms. The molecule has 6 nitrogen and oxygen atoms in total. The van der Waals surface area contributed by atoms with Gasteiger partial charge in [0, 0.05) is 31.9 Å². The monoisotopic (exact) mass is 551 g/mol. The van der Waals surface area contributed by atoms with Gasteiger partial charge in [-0.25, -0.2) is 4.98 Å². The fourth-order valence-electron chi connectivity index (χ4n) is 4.47. The summed E-state index contributed by atoms with van der Waals surface area (Å²) in [6, 6.07) is 6.52. The van der Waals surface area contributed by atoms with Crippen molar-refractivity contribution in [3.05, 3.63) is 56.3 Å². The van der Waals surface area contributed by atoms with Gasteiger partial charge in [-0.15, -0.1) is 0 Å². The second kappa shape index (κ2) is 12.9. The third-order valence-electron chi connectivity index (χ3n) is 6.71. The molecule has 1 aliphatic heterocycles. The van der Waals surface area contributed by atoms with Crippen LogP contribution in [0.4, 0.5) is 0 Å². The molecular weight excluding hydrogens is 518 g/mol. The summed E-state index contributed by atoms with van der Waals surface area (Å²) in [5.74, 6) is 0.810. The van der Waals surface area contributed by atoms with Crippen LogP contribution in [0.3, 0.4) is 0 Å². The van der Waals surface area contributed by atoms with Crippen LogP contribution in [0.5, 0.6) is 5.75 Å². The van der Waals surface area contributed by atoms with Gasteiger partial charge in [-0.2, -0.15) is 0 Å². The van der Waals surface area contributed by atoms with E-state index >= 15 is 0 Å². The van der Waals surface area contributed by atoms with Crippen LogP contribution < -0.4 is 10.1 Å². The summed E-state index contributed by atoms with van der Waals surface area (Å²) < 4.78 is 11.6. The molecule has 1 saturated heterocycles. The summed E-state index contributed by atoms with van der Waals surface area (Å²) >= 11 is 9.31. The lowest BCUT2D eigenvalue weighted by molar-refractivity contribution is 0.0924. The zero-order chi connectivity index (χ0) is 24.7. The minimum Gasteiger partial charge on any atom is -0.491 e. The lowest BCUT2D eigenvalue weighted by Crippen LogP contribution is -2.40. The molecule has 186 valence electrons. The molecule has 2 atom stereocenters. The first-order chi connectivity index (χ1) is 16.3. The molecule has 8 heteroatoms. The van der Waals surface area contributed by atoms with Gasteiger partial charge < -0.3 is 14.8 Å². The Bertz CT molecular complexity index is 988.